The maximum Gasteiger partial charge on any atom is 0.265 e. The Kier molecular flexibility index (Phi) is 4.66. The van der Waals surface area contributed by atoms with Crippen molar-refractivity contribution in [2.45, 2.75) is 51.7 Å². The molecule has 1 aromatic heterocycles. The molecule has 0 spiro atoms. The molecule has 1 aliphatic carbocycles. The molecule has 1 atom stereocenters. The Labute approximate surface area is 127 Å². The van der Waals surface area contributed by atoms with Crippen LogP contribution in [0.1, 0.15) is 43.3 Å². The third-order valence-electron chi connectivity index (χ3n) is 2.94. The van der Waals surface area contributed by atoms with Gasteiger partial charge in [0.15, 0.2) is 5.13 Å². The Morgan fingerprint density at radius 1 is 1.29 bits per heavy atom. The van der Waals surface area contributed by atoms with E-state index in [1.807, 2.05) is 13.8 Å². The van der Waals surface area contributed by atoms with E-state index in [1.165, 1.54) is 11.3 Å². The summed E-state index contributed by atoms with van der Waals surface area (Å²) in [6.45, 7) is 5.36. The van der Waals surface area contributed by atoms with Gasteiger partial charge in [0.2, 0.25) is 5.91 Å². The normalized spacial score (nSPS) is 15.6. The highest BCUT2D eigenvalue weighted by Gasteiger charge is 2.25. The molecule has 0 aliphatic heterocycles. The molecule has 21 heavy (non-hydrogen) atoms. The van der Waals surface area contributed by atoms with Crippen molar-refractivity contribution < 1.29 is 9.59 Å². The van der Waals surface area contributed by atoms with Crippen molar-refractivity contribution in [1.82, 2.24) is 15.6 Å². The summed E-state index contributed by atoms with van der Waals surface area (Å²) in [5.74, 6) is -0.407. The second-order valence-electron chi connectivity index (χ2n) is 5.51. The molecule has 1 unspecified atom stereocenters. The summed E-state index contributed by atoms with van der Waals surface area (Å²) in [6.07, 6.45) is 2.24. The van der Waals surface area contributed by atoms with Crippen molar-refractivity contribution in [2.24, 2.45) is 0 Å². The number of nitrogen functional groups attached to an aromatic ring is 1. The first-order chi connectivity index (χ1) is 9.86. The zero-order chi connectivity index (χ0) is 15.6. The van der Waals surface area contributed by atoms with Gasteiger partial charge in [0.25, 0.3) is 5.91 Å². The second-order valence-corrected chi connectivity index (χ2v) is 6.51. The predicted octanol–water partition coefficient (Wildman–Crippen LogP) is 0.942. The largest absolute Gasteiger partial charge is 0.382 e. The lowest BCUT2D eigenvalue weighted by Gasteiger charge is -2.15. The molecule has 7 nitrogen and oxygen atoms in total. The van der Waals surface area contributed by atoms with Gasteiger partial charge < -0.3 is 21.7 Å². The Bertz CT molecular complexity index is 539. The van der Waals surface area contributed by atoms with E-state index in [-0.39, 0.29) is 23.7 Å². The molecule has 0 aromatic carbocycles. The number of nitrogens with zero attached hydrogens (tertiary/aromatic N) is 1. The number of amides is 2. The quantitative estimate of drug-likeness (QED) is 0.625. The van der Waals surface area contributed by atoms with Crippen LogP contribution < -0.4 is 21.7 Å². The van der Waals surface area contributed by atoms with Crippen LogP contribution in [0.4, 0.5) is 10.9 Å². The molecular formula is C13H21N5O2S. The summed E-state index contributed by atoms with van der Waals surface area (Å²) >= 11 is 1.21. The molecule has 1 saturated carbocycles. The van der Waals surface area contributed by atoms with Crippen LogP contribution in [0.15, 0.2) is 0 Å². The molecule has 8 heteroatoms. The fraction of sp³-hybridized carbons (Fsp3) is 0.615. The van der Waals surface area contributed by atoms with Crippen LogP contribution in [-0.2, 0) is 4.79 Å². The minimum absolute atomic E-state index is 0.0275. The van der Waals surface area contributed by atoms with Gasteiger partial charge in [-0.05, 0) is 33.6 Å². The zero-order valence-corrected chi connectivity index (χ0v) is 13.2. The summed E-state index contributed by atoms with van der Waals surface area (Å²) in [6, 6.07) is -0.150. The van der Waals surface area contributed by atoms with Crippen LogP contribution in [0.5, 0.6) is 0 Å². The lowest BCUT2D eigenvalue weighted by atomic mass is 10.2. The van der Waals surface area contributed by atoms with Gasteiger partial charge in [0.1, 0.15) is 16.7 Å². The Morgan fingerprint density at radius 3 is 2.52 bits per heavy atom. The number of thiazole rings is 1. The minimum atomic E-state index is -0.624. The molecule has 1 aliphatic rings. The molecule has 2 amide bonds. The van der Waals surface area contributed by atoms with Crippen LogP contribution >= 0.6 is 11.3 Å². The van der Waals surface area contributed by atoms with Crippen LogP contribution in [0.3, 0.4) is 0 Å². The molecule has 116 valence electrons. The molecule has 0 radical (unpaired) electrons. The molecular weight excluding hydrogens is 290 g/mol. The zero-order valence-electron chi connectivity index (χ0n) is 12.4. The first-order valence-electron chi connectivity index (χ1n) is 7.01. The Balaban J connectivity index is 1.95. The van der Waals surface area contributed by atoms with E-state index in [0.29, 0.717) is 16.1 Å². The SMILES string of the molecule is CC(C)NC(=O)C(C)NC(=O)c1sc(NC2CC2)nc1N. The van der Waals surface area contributed by atoms with E-state index in [1.54, 1.807) is 6.92 Å². The summed E-state index contributed by atoms with van der Waals surface area (Å²) in [5, 5.41) is 9.23. The Hall–Kier alpha value is -1.83. The monoisotopic (exact) mass is 311 g/mol. The number of carbonyl (C=O) groups excluding carboxylic acids is 2. The van der Waals surface area contributed by atoms with Crippen LogP contribution in [0, 0.1) is 0 Å². The van der Waals surface area contributed by atoms with Gasteiger partial charge in [-0.15, -0.1) is 0 Å². The number of carbonyl (C=O) groups is 2. The van der Waals surface area contributed by atoms with E-state index in [4.69, 9.17) is 5.73 Å². The summed E-state index contributed by atoms with van der Waals surface area (Å²) in [5.41, 5.74) is 5.77. The first kappa shape index (κ1) is 15.6. The average molecular weight is 311 g/mol. The van der Waals surface area contributed by atoms with Crippen molar-refractivity contribution in [1.29, 1.82) is 0 Å². The lowest BCUT2D eigenvalue weighted by Crippen LogP contribution is -2.46. The number of aromatic nitrogens is 1. The molecule has 0 bridgehead atoms. The van der Waals surface area contributed by atoms with Gasteiger partial charge in [-0.25, -0.2) is 4.98 Å². The number of anilines is 2. The number of rotatable bonds is 6. The highest BCUT2D eigenvalue weighted by atomic mass is 32.1. The van der Waals surface area contributed by atoms with Crippen molar-refractivity contribution in [2.75, 3.05) is 11.1 Å². The molecule has 1 heterocycles. The van der Waals surface area contributed by atoms with Crippen molar-refractivity contribution in [3.63, 3.8) is 0 Å². The summed E-state index contributed by atoms with van der Waals surface area (Å²) in [4.78, 5) is 28.4. The fourth-order valence-corrected chi connectivity index (χ4v) is 2.56. The topological polar surface area (TPSA) is 109 Å². The first-order valence-corrected chi connectivity index (χ1v) is 7.82. The number of nitrogens with one attached hydrogen (secondary N) is 3. The summed E-state index contributed by atoms with van der Waals surface area (Å²) < 4.78 is 0. The highest BCUT2D eigenvalue weighted by Crippen LogP contribution is 2.30. The van der Waals surface area contributed by atoms with Crippen LogP contribution in [0.25, 0.3) is 0 Å². The number of hydrogen-bond donors (Lipinski definition) is 4. The van der Waals surface area contributed by atoms with Gasteiger partial charge in [-0.3, -0.25) is 9.59 Å². The molecule has 2 rings (SSSR count). The number of nitrogens with two attached hydrogens (primary N) is 1. The Morgan fingerprint density at radius 2 is 1.95 bits per heavy atom. The lowest BCUT2D eigenvalue weighted by molar-refractivity contribution is -0.123. The van der Waals surface area contributed by atoms with E-state index in [9.17, 15) is 9.59 Å². The van der Waals surface area contributed by atoms with E-state index >= 15 is 0 Å². The van der Waals surface area contributed by atoms with Crippen LogP contribution in [0.2, 0.25) is 0 Å². The molecule has 5 N–H and O–H groups in total. The van der Waals surface area contributed by atoms with Gasteiger partial charge in [-0.2, -0.15) is 0 Å². The van der Waals surface area contributed by atoms with E-state index in [2.05, 4.69) is 20.9 Å². The number of hydrogen-bond acceptors (Lipinski definition) is 6. The minimum Gasteiger partial charge on any atom is -0.382 e. The molecule has 1 fully saturated rings. The second kappa shape index (κ2) is 6.30. The average Bonchev–Trinajstić information content (AvgIpc) is 3.10. The van der Waals surface area contributed by atoms with Gasteiger partial charge in [-0.1, -0.05) is 11.3 Å². The van der Waals surface area contributed by atoms with Gasteiger partial charge in [0.05, 0.1) is 0 Å². The third-order valence-corrected chi connectivity index (χ3v) is 3.94. The maximum atomic E-state index is 12.2. The molecule has 1 aromatic rings. The maximum absolute atomic E-state index is 12.2. The van der Waals surface area contributed by atoms with E-state index < -0.39 is 6.04 Å². The predicted molar refractivity (Wildman–Crippen MR) is 83.4 cm³/mol. The standard InChI is InChI=1S/C13H21N5O2S/c1-6(2)15-11(19)7(3)16-12(20)9-10(14)18-13(21-9)17-8-4-5-8/h6-8H,4-5,14H2,1-3H3,(H,15,19)(H,16,20)(H,17,18). The molecule has 0 saturated heterocycles. The van der Waals surface area contributed by atoms with E-state index in [0.717, 1.165) is 12.8 Å². The van der Waals surface area contributed by atoms with Gasteiger partial charge >= 0.3 is 0 Å². The highest BCUT2D eigenvalue weighted by molar-refractivity contribution is 7.18. The third kappa shape index (κ3) is 4.32. The van der Waals surface area contributed by atoms with Crippen molar-refractivity contribution >= 4 is 34.1 Å². The smallest absolute Gasteiger partial charge is 0.265 e. The van der Waals surface area contributed by atoms with Crippen molar-refractivity contribution in [3.05, 3.63) is 4.88 Å². The fourth-order valence-electron chi connectivity index (χ4n) is 1.70. The summed E-state index contributed by atoms with van der Waals surface area (Å²) in [7, 11) is 0. The van der Waals surface area contributed by atoms with Crippen molar-refractivity contribution in [3.8, 4) is 0 Å². The van der Waals surface area contributed by atoms with Crippen LogP contribution in [-0.4, -0.2) is 34.9 Å². The van der Waals surface area contributed by atoms with Gasteiger partial charge in [0, 0.05) is 12.1 Å².